The molecule has 0 aliphatic carbocycles. The molecule has 1 unspecified atom stereocenters. The molecule has 2 aliphatic rings. The largest absolute Gasteiger partial charge is 0.365 e. The molecule has 1 saturated heterocycles. The molecule has 0 N–H and O–H groups in total. The van der Waals surface area contributed by atoms with Crippen molar-refractivity contribution in [3.05, 3.63) is 59.3 Å². The van der Waals surface area contributed by atoms with E-state index in [0.717, 1.165) is 68.5 Å². The molecule has 1 fully saturated rings. The van der Waals surface area contributed by atoms with Crippen molar-refractivity contribution in [2.45, 2.75) is 70.0 Å². The second kappa shape index (κ2) is 13.0. The Morgan fingerprint density at radius 2 is 2.11 bits per heavy atom. The van der Waals surface area contributed by atoms with Crippen LogP contribution < -0.4 is 9.80 Å². The molecule has 0 bridgehead atoms. The Morgan fingerprint density at radius 3 is 2.89 bits per heavy atom. The van der Waals surface area contributed by atoms with Crippen LogP contribution in [-0.2, 0) is 19.4 Å². The molecule has 2 aromatic rings. The van der Waals surface area contributed by atoms with Crippen LogP contribution >= 0.6 is 11.8 Å². The molecule has 0 amide bonds. The summed E-state index contributed by atoms with van der Waals surface area (Å²) in [6, 6.07) is 8.90. The molecule has 1 aromatic carbocycles. The Labute approximate surface area is 221 Å². The van der Waals surface area contributed by atoms with Crippen molar-refractivity contribution in [1.29, 1.82) is 5.26 Å². The number of nitriles is 1. The maximum absolute atomic E-state index is 8.97. The normalized spacial score (nSPS) is 18.1. The van der Waals surface area contributed by atoms with E-state index in [9.17, 15) is 0 Å². The number of allylic oxidation sites excluding steroid dienone is 2. The summed E-state index contributed by atoms with van der Waals surface area (Å²) in [5.41, 5.74) is 6.27. The molecule has 6 heteroatoms. The Balaban J connectivity index is 1.62. The number of unbranched alkanes of at least 4 members (excludes halogenated alkanes) is 1. The zero-order valence-electron chi connectivity index (χ0n) is 21.9. The van der Waals surface area contributed by atoms with Crippen LogP contribution in [0.1, 0.15) is 67.8 Å². The average molecular weight is 502 g/mol. The van der Waals surface area contributed by atoms with Crippen LogP contribution in [-0.4, -0.2) is 35.9 Å². The van der Waals surface area contributed by atoms with Gasteiger partial charge in [0.15, 0.2) is 5.16 Å². The summed E-state index contributed by atoms with van der Waals surface area (Å²) >= 11 is 1.63. The van der Waals surface area contributed by atoms with E-state index in [4.69, 9.17) is 15.2 Å². The standard InChI is InChI=1S/C30H39N5S/c1-4-6-14-24-15-11-16-28(25(24)5-2)34-20-17-26-27(22-34)32-30(36-3)33-29(26)35-19-10-8-13-23(21-35)12-7-9-18-31/h4-6,11,15-16,23H,2,7-10,12-14,17,19-22H2,1,3H3/b6-4-. The lowest BCUT2D eigenvalue weighted by Gasteiger charge is -2.35. The SMILES string of the molecule is C=Cc1c(C/C=C\C)cccc1N1CCc2c(nc(SC)nc2N2CCCCC(CCCC#N)C2)C1. The first-order valence-corrected chi connectivity index (χ1v) is 14.6. The van der Waals surface area contributed by atoms with E-state index in [0.29, 0.717) is 12.3 Å². The minimum Gasteiger partial charge on any atom is -0.365 e. The highest BCUT2D eigenvalue weighted by atomic mass is 32.2. The summed E-state index contributed by atoms with van der Waals surface area (Å²) < 4.78 is 0. The van der Waals surface area contributed by atoms with Gasteiger partial charge in [-0.05, 0) is 69.3 Å². The molecule has 3 heterocycles. The van der Waals surface area contributed by atoms with Gasteiger partial charge < -0.3 is 9.80 Å². The Kier molecular flexibility index (Phi) is 9.47. The summed E-state index contributed by atoms with van der Waals surface area (Å²) in [6.45, 7) is 10.1. The highest BCUT2D eigenvalue weighted by Crippen LogP contribution is 2.35. The van der Waals surface area contributed by atoms with E-state index in [2.05, 4.69) is 66.0 Å². The molecule has 1 aromatic heterocycles. The number of aromatic nitrogens is 2. The van der Waals surface area contributed by atoms with E-state index in [1.165, 1.54) is 41.6 Å². The van der Waals surface area contributed by atoms with E-state index in [1.54, 1.807) is 11.8 Å². The van der Waals surface area contributed by atoms with Crippen LogP contribution in [0.4, 0.5) is 11.5 Å². The Bertz CT molecular complexity index is 1120. The lowest BCUT2D eigenvalue weighted by molar-refractivity contribution is 0.448. The fourth-order valence-corrected chi connectivity index (χ4v) is 5.99. The molecule has 1 atom stereocenters. The van der Waals surface area contributed by atoms with Gasteiger partial charge in [0.2, 0.25) is 0 Å². The van der Waals surface area contributed by atoms with Crippen molar-refractivity contribution in [3.8, 4) is 6.07 Å². The van der Waals surface area contributed by atoms with Crippen LogP contribution in [0.3, 0.4) is 0 Å². The fraction of sp³-hybridized carbons (Fsp3) is 0.500. The van der Waals surface area contributed by atoms with Crippen molar-refractivity contribution < 1.29 is 0 Å². The lowest BCUT2D eigenvalue weighted by atomic mass is 9.96. The molecular formula is C30H39N5S. The number of hydrogen-bond donors (Lipinski definition) is 0. The van der Waals surface area contributed by atoms with Crippen molar-refractivity contribution in [3.63, 3.8) is 0 Å². The van der Waals surface area contributed by atoms with Gasteiger partial charge in [0.25, 0.3) is 0 Å². The maximum atomic E-state index is 8.97. The quantitative estimate of drug-likeness (QED) is 0.163. The van der Waals surface area contributed by atoms with Gasteiger partial charge in [-0.25, -0.2) is 9.97 Å². The number of anilines is 2. The molecular weight excluding hydrogens is 462 g/mol. The highest BCUT2D eigenvalue weighted by molar-refractivity contribution is 7.98. The van der Waals surface area contributed by atoms with Gasteiger partial charge in [0.1, 0.15) is 5.82 Å². The van der Waals surface area contributed by atoms with Gasteiger partial charge in [-0.3, -0.25) is 0 Å². The molecule has 0 radical (unpaired) electrons. The molecule has 5 nitrogen and oxygen atoms in total. The first kappa shape index (κ1) is 26.3. The average Bonchev–Trinajstić information content (AvgIpc) is 3.16. The number of rotatable bonds is 9. The summed E-state index contributed by atoms with van der Waals surface area (Å²) in [5, 5.41) is 9.83. The third-order valence-electron chi connectivity index (χ3n) is 7.47. The molecule has 36 heavy (non-hydrogen) atoms. The zero-order valence-corrected chi connectivity index (χ0v) is 22.7. The second-order valence-corrected chi connectivity index (χ2v) is 10.6. The molecule has 2 aliphatic heterocycles. The maximum Gasteiger partial charge on any atom is 0.189 e. The first-order chi connectivity index (χ1) is 17.7. The first-order valence-electron chi connectivity index (χ1n) is 13.3. The molecule has 0 saturated carbocycles. The van der Waals surface area contributed by atoms with Crippen molar-refractivity contribution in [2.75, 3.05) is 35.7 Å². The number of benzene rings is 1. The second-order valence-electron chi connectivity index (χ2n) is 9.82. The number of nitrogens with zero attached hydrogens (tertiary/aromatic N) is 5. The van der Waals surface area contributed by atoms with Crippen LogP contribution in [0, 0.1) is 17.2 Å². The predicted octanol–water partition coefficient (Wildman–Crippen LogP) is 6.82. The van der Waals surface area contributed by atoms with E-state index in [-0.39, 0.29) is 0 Å². The lowest BCUT2D eigenvalue weighted by Crippen LogP contribution is -2.36. The number of hydrogen-bond acceptors (Lipinski definition) is 6. The summed E-state index contributed by atoms with van der Waals surface area (Å²) in [5.74, 6) is 1.79. The van der Waals surface area contributed by atoms with Gasteiger partial charge >= 0.3 is 0 Å². The molecule has 190 valence electrons. The monoisotopic (exact) mass is 501 g/mol. The van der Waals surface area contributed by atoms with Crippen molar-refractivity contribution >= 4 is 29.3 Å². The van der Waals surface area contributed by atoms with Gasteiger partial charge in [-0.2, -0.15) is 5.26 Å². The van der Waals surface area contributed by atoms with Crippen LogP contribution in [0.5, 0.6) is 0 Å². The van der Waals surface area contributed by atoms with Gasteiger partial charge in [-0.15, -0.1) is 0 Å². The Hall–Kier alpha value is -2.78. The van der Waals surface area contributed by atoms with Gasteiger partial charge in [-0.1, -0.05) is 55.1 Å². The van der Waals surface area contributed by atoms with E-state index >= 15 is 0 Å². The third-order valence-corrected chi connectivity index (χ3v) is 8.01. The highest BCUT2D eigenvalue weighted by Gasteiger charge is 2.28. The Morgan fingerprint density at radius 1 is 1.22 bits per heavy atom. The number of fused-ring (bicyclic) bond motifs is 1. The minimum absolute atomic E-state index is 0.638. The zero-order chi connectivity index (χ0) is 25.3. The molecule has 0 spiro atoms. The van der Waals surface area contributed by atoms with Crippen LogP contribution in [0.15, 0.2) is 42.1 Å². The summed E-state index contributed by atoms with van der Waals surface area (Å²) in [4.78, 5) is 15.1. The minimum atomic E-state index is 0.638. The van der Waals surface area contributed by atoms with Crippen molar-refractivity contribution in [2.24, 2.45) is 5.92 Å². The third kappa shape index (κ3) is 6.13. The van der Waals surface area contributed by atoms with E-state index < -0.39 is 0 Å². The van der Waals surface area contributed by atoms with Crippen molar-refractivity contribution in [1.82, 2.24) is 9.97 Å². The predicted molar refractivity (Wildman–Crippen MR) is 153 cm³/mol. The topological polar surface area (TPSA) is 56.1 Å². The summed E-state index contributed by atoms with van der Waals surface area (Å²) in [6.07, 6.45) is 16.8. The summed E-state index contributed by atoms with van der Waals surface area (Å²) in [7, 11) is 0. The van der Waals surface area contributed by atoms with Crippen LogP contribution in [0.2, 0.25) is 0 Å². The number of thioether (sulfide) groups is 1. The smallest absolute Gasteiger partial charge is 0.189 e. The van der Waals surface area contributed by atoms with Gasteiger partial charge in [0.05, 0.1) is 18.3 Å². The van der Waals surface area contributed by atoms with Crippen LogP contribution in [0.25, 0.3) is 6.08 Å². The van der Waals surface area contributed by atoms with Gasteiger partial charge in [0, 0.05) is 42.9 Å². The fourth-order valence-electron chi connectivity index (χ4n) is 5.61. The molecule has 4 rings (SSSR count). The van der Waals surface area contributed by atoms with E-state index in [1.807, 2.05) is 6.08 Å².